The zero-order valence-corrected chi connectivity index (χ0v) is 31.0. The van der Waals surface area contributed by atoms with Gasteiger partial charge in [0.1, 0.15) is 24.0 Å². The van der Waals surface area contributed by atoms with Crippen molar-refractivity contribution in [2.75, 3.05) is 20.3 Å². The number of aryl methyl sites for hydroxylation is 1. The van der Waals surface area contributed by atoms with Gasteiger partial charge in [-0.1, -0.05) is 60.1 Å². The molecule has 5 aromatic rings. The zero-order chi connectivity index (χ0) is 39.8. The summed E-state index contributed by atoms with van der Waals surface area (Å²) in [5.41, 5.74) is 6.13. The molecule has 0 aliphatic carbocycles. The second-order valence-electron chi connectivity index (χ2n) is 11.7. The Morgan fingerprint density at radius 2 is 1.07 bits per heavy atom. The molecule has 0 amide bonds. The van der Waals surface area contributed by atoms with Crippen LogP contribution >= 0.6 is 0 Å². The fourth-order valence-corrected chi connectivity index (χ4v) is 5.03. The van der Waals surface area contributed by atoms with Crippen LogP contribution in [0.2, 0.25) is 0 Å². The first kappa shape index (κ1) is 42.5. The molecule has 8 heteroatoms. The Bertz CT molecular complexity index is 2090. The third kappa shape index (κ3) is 14.6. The van der Waals surface area contributed by atoms with Crippen molar-refractivity contribution >= 4 is 18.7 Å². The molecule has 280 valence electrons. The van der Waals surface area contributed by atoms with Gasteiger partial charge in [-0.15, -0.1) is 0 Å². The highest BCUT2D eigenvalue weighted by atomic mass is 16.5. The van der Waals surface area contributed by atoms with Crippen molar-refractivity contribution in [2.45, 2.75) is 32.6 Å². The minimum atomic E-state index is -1.04. The van der Waals surface area contributed by atoms with E-state index in [4.69, 9.17) is 24.1 Å². The third-order valence-electron chi connectivity index (χ3n) is 7.83. The summed E-state index contributed by atoms with van der Waals surface area (Å²) in [6, 6.07) is 35.6. The first-order valence-electron chi connectivity index (χ1n) is 17.5. The second-order valence-corrected chi connectivity index (χ2v) is 11.7. The molecule has 0 atom stereocenters. The highest BCUT2D eigenvalue weighted by molar-refractivity contribution is 5.96. The van der Waals surface area contributed by atoms with Crippen molar-refractivity contribution in [2.24, 2.45) is 0 Å². The number of hydrogen-bond donors (Lipinski definition) is 2. The van der Waals surface area contributed by atoms with Gasteiger partial charge in [0.2, 0.25) is 0 Å². The molecule has 0 aromatic heterocycles. The normalized spacial score (nSPS) is 9.58. The minimum absolute atomic E-state index is 0.140. The Balaban J connectivity index is 0.00000196. The number of unbranched alkanes of at least 4 members (excludes halogenated alkanes) is 3. The van der Waals surface area contributed by atoms with E-state index in [0.29, 0.717) is 30.3 Å². The largest absolute Gasteiger partial charge is 0.494 e. The van der Waals surface area contributed by atoms with Crippen molar-refractivity contribution in [3.63, 3.8) is 0 Å². The standard InChI is InChI=1S/C45H38O6.CH4O.CH2O/c1-3-44(46)50-31-7-5-4-6-30-49-39-24-18-36(19-25-39)15-13-35-16-22-38(23-17-35)42-29-28-41(32-43(42)45(47)48)51-40-26-20-37(21-27-40)14-12-34-10-8-33(2)9-11-34;2*1-2/h3,8-11,16-29,32H,1,4-7,30-31H2,2H3,(H,47,48);2H,1H3;1H2. The Hall–Kier alpha value is -6.87. The van der Waals surface area contributed by atoms with Crippen LogP contribution in [0.4, 0.5) is 0 Å². The number of rotatable bonds is 13. The van der Waals surface area contributed by atoms with E-state index in [2.05, 4.69) is 30.3 Å². The van der Waals surface area contributed by atoms with E-state index in [0.717, 1.165) is 66.4 Å². The summed E-state index contributed by atoms with van der Waals surface area (Å²) in [4.78, 5) is 31.3. The van der Waals surface area contributed by atoms with Crippen molar-refractivity contribution < 1.29 is 38.8 Å². The van der Waals surface area contributed by atoms with Crippen LogP contribution in [-0.4, -0.2) is 49.3 Å². The van der Waals surface area contributed by atoms with Crippen LogP contribution < -0.4 is 9.47 Å². The molecule has 0 saturated heterocycles. The number of aliphatic hydroxyl groups is 1. The van der Waals surface area contributed by atoms with Gasteiger partial charge in [-0.25, -0.2) is 9.59 Å². The van der Waals surface area contributed by atoms with Gasteiger partial charge in [0.25, 0.3) is 0 Å². The van der Waals surface area contributed by atoms with Crippen LogP contribution in [0.5, 0.6) is 17.2 Å². The van der Waals surface area contributed by atoms with E-state index in [1.165, 1.54) is 17.7 Å². The Morgan fingerprint density at radius 3 is 1.58 bits per heavy atom. The quantitative estimate of drug-likeness (QED) is 0.0532. The van der Waals surface area contributed by atoms with Crippen LogP contribution in [0, 0.1) is 30.6 Å². The summed E-state index contributed by atoms with van der Waals surface area (Å²) in [6.07, 6.45) is 4.87. The van der Waals surface area contributed by atoms with E-state index >= 15 is 0 Å². The van der Waals surface area contributed by atoms with E-state index < -0.39 is 5.97 Å². The molecule has 0 saturated carbocycles. The lowest BCUT2D eigenvalue weighted by molar-refractivity contribution is -0.137. The maximum absolute atomic E-state index is 12.2. The summed E-state index contributed by atoms with van der Waals surface area (Å²) in [5, 5.41) is 17.0. The first-order valence-corrected chi connectivity index (χ1v) is 17.5. The molecule has 0 radical (unpaired) electrons. The highest BCUT2D eigenvalue weighted by Gasteiger charge is 2.14. The lowest BCUT2D eigenvalue weighted by atomic mass is 9.98. The van der Waals surface area contributed by atoms with Crippen LogP contribution in [-0.2, 0) is 14.3 Å². The fraction of sp³-hybridized carbons (Fsp3) is 0.170. The van der Waals surface area contributed by atoms with Gasteiger partial charge in [0.05, 0.1) is 18.8 Å². The van der Waals surface area contributed by atoms with Gasteiger partial charge >= 0.3 is 11.9 Å². The zero-order valence-electron chi connectivity index (χ0n) is 31.0. The number of benzene rings is 5. The van der Waals surface area contributed by atoms with Crippen molar-refractivity contribution in [3.8, 4) is 52.1 Å². The molecular formula is C47H44O8. The number of carbonyl (C=O) groups excluding carboxylic acids is 2. The summed E-state index contributed by atoms with van der Waals surface area (Å²) in [5.74, 6) is 13.0. The smallest absolute Gasteiger partial charge is 0.336 e. The molecule has 5 aromatic carbocycles. The molecule has 55 heavy (non-hydrogen) atoms. The number of aliphatic hydroxyl groups excluding tert-OH is 1. The average Bonchev–Trinajstić information content (AvgIpc) is 3.23. The molecule has 0 spiro atoms. The number of ether oxygens (including phenoxy) is 3. The number of carbonyl (C=O) groups is 3. The summed E-state index contributed by atoms with van der Waals surface area (Å²) in [6.45, 7) is 8.45. The lowest BCUT2D eigenvalue weighted by Crippen LogP contribution is -2.02. The number of esters is 1. The van der Waals surface area contributed by atoms with E-state index in [1.54, 1.807) is 12.1 Å². The van der Waals surface area contributed by atoms with Crippen LogP contribution in [0.15, 0.2) is 128 Å². The number of carboxylic acids is 1. The predicted molar refractivity (Wildman–Crippen MR) is 215 cm³/mol. The summed E-state index contributed by atoms with van der Waals surface area (Å²) >= 11 is 0. The topological polar surface area (TPSA) is 119 Å². The Labute approximate surface area is 323 Å². The van der Waals surface area contributed by atoms with Gasteiger partial charge in [0, 0.05) is 35.4 Å². The van der Waals surface area contributed by atoms with Crippen LogP contribution in [0.25, 0.3) is 11.1 Å². The van der Waals surface area contributed by atoms with Crippen LogP contribution in [0.1, 0.15) is 63.9 Å². The molecular weight excluding hydrogens is 693 g/mol. The molecule has 0 fully saturated rings. The number of carboxylic acid groups (broad SMARTS) is 1. The monoisotopic (exact) mass is 736 g/mol. The second kappa shape index (κ2) is 23.6. The molecule has 2 N–H and O–H groups in total. The van der Waals surface area contributed by atoms with Crippen LogP contribution in [0.3, 0.4) is 0 Å². The Morgan fingerprint density at radius 1 is 0.618 bits per heavy atom. The maximum Gasteiger partial charge on any atom is 0.336 e. The summed E-state index contributed by atoms with van der Waals surface area (Å²) in [7, 11) is 1.00. The molecule has 0 aliphatic heterocycles. The SMILES string of the molecule is C=CC(=O)OCCCCCCOc1ccc(C#Cc2ccc(-c3ccc(Oc4ccc(C#Cc5ccc(C)cc5)cc4)cc3C(=O)O)cc2)cc1.C=O.CO. The third-order valence-corrected chi connectivity index (χ3v) is 7.83. The molecule has 8 nitrogen and oxygen atoms in total. The Kier molecular flexibility index (Phi) is 18.3. The van der Waals surface area contributed by atoms with Crippen molar-refractivity contribution in [1.82, 2.24) is 0 Å². The van der Waals surface area contributed by atoms with E-state index in [9.17, 15) is 14.7 Å². The van der Waals surface area contributed by atoms with E-state index in [-0.39, 0.29) is 11.5 Å². The molecule has 0 aliphatic rings. The number of aromatic carboxylic acids is 1. The van der Waals surface area contributed by atoms with Gasteiger partial charge in [-0.3, -0.25) is 0 Å². The molecule has 0 heterocycles. The highest BCUT2D eigenvalue weighted by Crippen LogP contribution is 2.30. The lowest BCUT2D eigenvalue weighted by Gasteiger charge is -2.11. The van der Waals surface area contributed by atoms with Gasteiger partial charge in [-0.2, -0.15) is 0 Å². The van der Waals surface area contributed by atoms with E-state index in [1.807, 2.05) is 111 Å². The summed E-state index contributed by atoms with van der Waals surface area (Å²) < 4.78 is 16.8. The fourth-order valence-electron chi connectivity index (χ4n) is 5.03. The van der Waals surface area contributed by atoms with Crippen molar-refractivity contribution in [1.29, 1.82) is 0 Å². The molecule has 0 unspecified atom stereocenters. The molecule has 5 rings (SSSR count). The maximum atomic E-state index is 12.2. The van der Waals surface area contributed by atoms with Gasteiger partial charge in [-0.05, 0) is 135 Å². The minimum Gasteiger partial charge on any atom is -0.494 e. The van der Waals surface area contributed by atoms with Gasteiger partial charge in [0.15, 0.2) is 0 Å². The first-order chi connectivity index (χ1) is 26.9. The molecule has 0 bridgehead atoms. The van der Waals surface area contributed by atoms with Crippen molar-refractivity contribution in [3.05, 3.63) is 161 Å². The number of hydrogen-bond acceptors (Lipinski definition) is 7. The predicted octanol–water partition coefficient (Wildman–Crippen LogP) is 9.04. The van der Waals surface area contributed by atoms with Gasteiger partial charge < -0.3 is 29.2 Å². The average molecular weight is 737 g/mol.